The van der Waals surface area contributed by atoms with Gasteiger partial charge in [0.15, 0.2) is 6.61 Å². The molecule has 0 saturated carbocycles. The van der Waals surface area contributed by atoms with Crippen molar-refractivity contribution in [3.8, 4) is 5.75 Å². The zero-order valence-electron chi connectivity index (χ0n) is 16.3. The number of amides is 1. The van der Waals surface area contributed by atoms with Crippen LogP contribution in [0.15, 0.2) is 69.6 Å². The highest BCUT2D eigenvalue weighted by Crippen LogP contribution is 2.27. The van der Waals surface area contributed by atoms with Gasteiger partial charge in [0.2, 0.25) is 0 Å². The van der Waals surface area contributed by atoms with E-state index in [4.69, 9.17) is 4.74 Å². The SMILES string of the molecule is Cc1ccc(NC(=O)COc2ccc(CNc3ccc(Br)cc3)cc2Br)c(C)c1. The Morgan fingerprint density at radius 2 is 1.72 bits per heavy atom. The third-order valence-electron chi connectivity index (χ3n) is 4.35. The van der Waals surface area contributed by atoms with Crippen molar-refractivity contribution >= 4 is 49.1 Å². The van der Waals surface area contributed by atoms with Gasteiger partial charge in [0, 0.05) is 22.4 Å². The topological polar surface area (TPSA) is 50.4 Å². The molecule has 0 unspecified atom stereocenters. The van der Waals surface area contributed by atoms with E-state index in [0.717, 1.165) is 37.0 Å². The molecule has 29 heavy (non-hydrogen) atoms. The molecule has 150 valence electrons. The lowest BCUT2D eigenvalue weighted by Gasteiger charge is -2.12. The normalized spacial score (nSPS) is 10.5. The molecule has 1 amide bonds. The summed E-state index contributed by atoms with van der Waals surface area (Å²) in [6.45, 7) is 4.63. The average Bonchev–Trinajstić information content (AvgIpc) is 2.69. The number of rotatable bonds is 7. The van der Waals surface area contributed by atoms with Crippen LogP contribution in [0.1, 0.15) is 16.7 Å². The zero-order valence-corrected chi connectivity index (χ0v) is 19.4. The Morgan fingerprint density at radius 3 is 2.41 bits per heavy atom. The quantitative estimate of drug-likeness (QED) is 0.378. The molecule has 3 aromatic rings. The minimum absolute atomic E-state index is 0.0532. The smallest absolute Gasteiger partial charge is 0.262 e. The molecular formula is C23H22Br2N2O2. The maximum atomic E-state index is 12.2. The van der Waals surface area contributed by atoms with Crippen molar-refractivity contribution in [3.05, 3.63) is 86.3 Å². The van der Waals surface area contributed by atoms with E-state index >= 15 is 0 Å². The van der Waals surface area contributed by atoms with E-state index < -0.39 is 0 Å². The van der Waals surface area contributed by atoms with Crippen LogP contribution in [0.3, 0.4) is 0 Å². The third-order valence-corrected chi connectivity index (χ3v) is 5.50. The third kappa shape index (κ3) is 6.34. The Bertz CT molecular complexity index is 1000. The molecule has 0 saturated heterocycles. The second kappa shape index (κ2) is 9.94. The van der Waals surface area contributed by atoms with Gasteiger partial charge in [0.05, 0.1) is 4.47 Å². The van der Waals surface area contributed by atoms with Crippen molar-refractivity contribution in [2.24, 2.45) is 0 Å². The zero-order chi connectivity index (χ0) is 20.8. The summed E-state index contributed by atoms with van der Waals surface area (Å²) in [6, 6.07) is 19.8. The molecule has 0 atom stereocenters. The Kier molecular flexibility index (Phi) is 7.34. The second-order valence-corrected chi connectivity index (χ2v) is 8.55. The number of anilines is 2. The first-order valence-corrected chi connectivity index (χ1v) is 10.8. The maximum absolute atomic E-state index is 12.2. The highest BCUT2D eigenvalue weighted by atomic mass is 79.9. The van der Waals surface area contributed by atoms with Crippen LogP contribution in [0.4, 0.5) is 11.4 Å². The lowest BCUT2D eigenvalue weighted by Crippen LogP contribution is -2.20. The van der Waals surface area contributed by atoms with E-state index in [2.05, 4.69) is 42.5 Å². The Morgan fingerprint density at radius 1 is 0.966 bits per heavy atom. The van der Waals surface area contributed by atoms with Crippen LogP contribution in [0.25, 0.3) is 0 Å². The number of nitrogens with one attached hydrogen (secondary N) is 2. The molecule has 2 N–H and O–H groups in total. The number of halogens is 2. The van der Waals surface area contributed by atoms with E-state index in [0.29, 0.717) is 12.3 Å². The van der Waals surface area contributed by atoms with Gasteiger partial charge in [0.1, 0.15) is 5.75 Å². The van der Waals surface area contributed by atoms with Crippen molar-refractivity contribution < 1.29 is 9.53 Å². The summed E-state index contributed by atoms with van der Waals surface area (Å²) >= 11 is 6.96. The van der Waals surface area contributed by atoms with Gasteiger partial charge in [-0.3, -0.25) is 4.79 Å². The second-order valence-electron chi connectivity index (χ2n) is 6.78. The van der Waals surface area contributed by atoms with Gasteiger partial charge < -0.3 is 15.4 Å². The molecule has 4 nitrogen and oxygen atoms in total. The summed E-state index contributed by atoms with van der Waals surface area (Å²) in [7, 11) is 0. The van der Waals surface area contributed by atoms with Crippen molar-refractivity contribution in [1.82, 2.24) is 0 Å². The summed E-state index contributed by atoms with van der Waals surface area (Å²) < 4.78 is 7.54. The molecule has 0 fully saturated rings. The van der Waals surface area contributed by atoms with E-state index in [1.54, 1.807) is 0 Å². The van der Waals surface area contributed by atoms with E-state index in [-0.39, 0.29) is 12.5 Å². The van der Waals surface area contributed by atoms with Crippen molar-refractivity contribution in [2.45, 2.75) is 20.4 Å². The van der Waals surface area contributed by atoms with Crippen molar-refractivity contribution in [2.75, 3.05) is 17.2 Å². The van der Waals surface area contributed by atoms with Crippen LogP contribution < -0.4 is 15.4 Å². The van der Waals surface area contributed by atoms with Gasteiger partial charge in [-0.05, 0) is 83.4 Å². The number of carbonyl (C=O) groups is 1. The van der Waals surface area contributed by atoms with Gasteiger partial charge in [-0.1, -0.05) is 39.7 Å². The minimum atomic E-state index is -0.190. The number of hydrogen-bond donors (Lipinski definition) is 2. The fourth-order valence-corrected chi connectivity index (χ4v) is 3.63. The van der Waals surface area contributed by atoms with Crippen molar-refractivity contribution in [3.63, 3.8) is 0 Å². The van der Waals surface area contributed by atoms with Gasteiger partial charge in [-0.15, -0.1) is 0 Å². The van der Waals surface area contributed by atoms with Gasteiger partial charge in [-0.25, -0.2) is 0 Å². The number of carbonyl (C=O) groups excluding carboxylic acids is 1. The molecule has 0 aromatic heterocycles. The Labute approximate surface area is 187 Å². The Hall–Kier alpha value is -2.31. The van der Waals surface area contributed by atoms with Crippen LogP contribution in [-0.2, 0) is 11.3 Å². The molecule has 0 aliphatic rings. The number of hydrogen-bond acceptors (Lipinski definition) is 3. The summed E-state index contributed by atoms with van der Waals surface area (Å²) in [5.74, 6) is 0.443. The summed E-state index contributed by atoms with van der Waals surface area (Å²) in [5, 5.41) is 6.26. The monoisotopic (exact) mass is 516 g/mol. The highest BCUT2D eigenvalue weighted by Gasteiger charge is 2.08. The predicted molar refractivity (Wildman–Crippen MR) is 126 cm³/mol. The summed E-state index contributed by atoms with van der Waals surface area (Å²) in [4.78, 5) is 12.2. The number of ether oxygens (including phenoxy) is 1. The molecule has 0 aliphatic carbocycles. The molecule has 0 heterocycles. The lowest BCUT2D eigenvalue weighted by atomic mass is 10.1. The lowest BCUT2D eigenvalue weighted by molar-refractivity contribution is -0.118. The first kappa shape index (κ1) is 21.4. The maximum Gasteiger partial charge on any atom is 0.262 e. The first-order chi connectivity index (χ1) is 13.9. The average molecular weight is 518 g/mol. The number of aryl methyl sites for hydroxylation is 2. The Balaban J connectivity index is 1.53. The van der Waals surface area contributed by atoms with Gasteiger partial charge in [-0.2, -0.15) is 0 Å². The van der Waals surface area contributed by atoms with Gasteiger partial charge >= 0.3 is 0 Å². The fourth-order valence-electron chi connectivity index (χ4n) is 2.83. The molecule has 3 aromatic carbocycles. The fraction of sp³-hybridized carbons (Fsp3) is 0.174. The summed E-state index contributed by atoms with van der Waals surface area (Å²) in [5.41, 5.74) is 5.15. The van der Waals surface area contributed by atoms with Crippen LogP contribution in [0.2, 0.25) is 0 Å². The van der Waals surface area contributed by atoms with E-state index in [9.17, 15) is 4.79 Å². The van der Waals surface area contributed by atoms with Crippen molar-refractivity contribution in [1.29, 1.82) is 0 Å². The summed E-state index contributed by atoms with van der Waals surface area (Å²) in [6.07, 6.45) is 0. The van der Waals surface area contributed by atoms with Crippen LogP contribution >= 0.6 is 31.9 Å². The molecule has 3 rings (SSSR count). The first-order valence-electron chi connectivity index (χ1n) is 9.18. The standard InChI is InChI=1S/C23H22Br2N2O2/c1-15-3-9-21(16(2)11-15)27-23(28)14-29-22-10-4-17(12-20(22)25)13-26-19-7-5-18(24)6-8-19/h3-12,26H,13-14H2,1-2H3,(H,27,28). The van der Waals surface area contributed by atoms with Crippen LogP contribution in [-0.4, -0.2) is 12.5 Å². The molecular weight excluding hydrogens is 496 g/mol. The molecule has 0 spiro atoms. The van der Waals surface area contributed by atoms with Crippen LogP contribution in [0, 0.1) is 13.8 Å². The molecule has 0 bridgehead atoms. The number of benzene rings is 3. The molecule has 0 radical (unpaired) electrons. The largest absolute Gasteiger partial charge is 0.483 e. The van der Waals surface area contributed by atoms with E-state index in [1.807, 2.05) is 74.5 Å². The van der Waals surface area contributed by atoms with Crippen LogP contribution in [0.5, 0.6) is 5.75 Å². The molecule has 6 heteroatoms. The minimum Gasteiger partial charge on any atom is -0.483 e. The predicted octanol–water partition coefficient (Wildman–Crippen LogP) is 6.46. The highest BCUT2D eigenvalue weighted by molar-refractivity contribution is 9.10. The van der Waals surface area contributed by atoms with Gasteiger partial charge in [0.25, 0.3) is 5.91 Å². The van der Waals surface area contributed by atoms with E-state index in [1.165, 1.54) is 0 Å². The molecule has 0 aliphatic heterocycles.